The van der Waals surface area contributed by atoms with E-state index >= 15 is 0 Å². The zero-order chi connectivity index (χ0) is 11.0. The van der Waals surface area contributed by atoms with Gasteiger partial charge in [-0.1, -0.05) is 36.4 Å². The zero-order valence-corrected chi connectivity index (χ0v) is 9.06. The van der Waals surface area contributed by atoms with Crippen LogP contribution in [-0.4, -0.2) is 12.6 Å². The Morgan fingerprint density at radius 2 is 2.12 bits per heavy atom. The van der Waals surface area contributed by atoms with Crippen LogP contribution in [0, 0.1) is 11.8 Å². The van der Waals surface area contributed by atoms with Gasteiger partial charge in [-0.3, -0.25) is 4.79 Å². The van der Waals surface area contributed by atoms with Crippen molar-refractivity contribution in [2.45, 2.75) is 12.8 Å². The van der Waals surface area contributed by atoms with Crippen molar-refractivity contribution in [3.63, 3.8) is 0 Å². The van der Waals surface area contributed by atoms with Crippen LogP contribution < -0.4 is 0 Å². The second-order valence-electron chi connectivity index (χ2n) is 4.51. The fourth-order valence-corrected chi connectivity index (χ4v) is 2.55. The summed E-state index contributed by atoms with van der Waals surface area (Å²) in [5, 5.41) is 0. The Bertz CT molecular complexity index is 448. The second-order valence-corrected chi connectivity index (χ2v) is 4.51. The topological polar surface area (TPSA) is 26.3 Å². The smallest absolute Gasteiger partial charge is 0.313 e. The maximum atomic E-state index is 11.5. The lowest BCUT2D eigenvalue weighted by Crippen LogP contribution is -2.15. The molecule has 0 saturated carbocycles. The van der Waals surface area contributed by atoms with Crippen LogP contribution in [0.4, 0.5) is 0 Å². The second kappa shape index (κ2) is 3.78. The molecule has 2 heteroatoms. The largest absolute Gasteiger partial charge is 0.465 e. The van der Waals surface area contributed by atoms with Crippen molar-refractivity contribution < 1.29 is 9.53 Å². The van der Waals surface area contributed by atoms with Gasteiger partial charge in [-0.05, 0) is 24.0 Å². The first kappa shape index (κ1) is 9.64. The van der Waals surface area contributed by atoms with Crippen molar-refractivity contribution in [3.05, 3.63) is 41.5 Å². The van der Waals surface area contributed by atoms with E-state index in [1.165, 1.54) is 11.1 Å². The maximum Gasteiger partial charge on any atom is 0.313 e. The van der Waals surface area contributed by atoms with E-state index in [2.05, 4.69) is 24.3 Å². The summed E-state index contributed by atoms with van der Waals surface area (Å²) in [6, 6.07) is 8.38. The summed E-state index contributed by atoms with van der Waals surface area (Å²) >= 11 is 0. The number of carbonyl (C=O) groups excluding carboxylic acids is 1. The molecule has 0 amide bonds. The van der Waals surface area contributed by atoms with E-state index in [9.17, 15) is 4.79 Å². The van der Waals surface area contributed by atoms with Crippen molar-refractivity contribution in [1.29, 1.82) is 0 Å². The third kappa shape index (κ3) is 1.54. The first-order chi connectivity index (χ1) is 7.84. The highest BCUT2D eigenvalue weighted by atomic mass is 16.5. The van der Waals surface area contributed by atoms with Crippen molar-refractivity contribution in [1.82, 2.24) is 0 Å². The highest BCUT2D eigenvalue weighted by molar-refractivity contribution is 5.78. The molecule has 1 fully saturated rings. The lowest BCUT2D eigenvalue weighted by atomic mass is 9.85. The minimum atomic E-state index is -0.0550. The summed E-state index contributed by atoms with van der Waals surface area (Å²) in [7, 11) is 0. The molecule has 1 aliphatic carbocycles. The fourth-order valence-electron chi connectivity index (χ4n) is 2.55. The Labute approximate surface area is 94.9 Å². The summed E-state index contributed by atoms with van der Waals surface area (Å²) in [6.07, 6.45) is 6.16. The summed E-state index contributed by atoms with van der Waals surface area (Å²) in [5.74, 6) is 0.297. The van der Waals surface area contributed by atoms with Gasteiger partial charge in [-0.25, -0.2) is 0 Å². The van der Waals surface area contributed by atoms with Crippen LogP contribution in [-0.2, 0) is 16.0 Å². The van der Waals surface area contributed by atoms with Gasteiger partial charge in [0.15, 0.2) is 0 Å². The molecule has 0 N–H and O–H groups in total. The van der Waals surface area contributed by atoms with Crippen LogP contribution >= 0.6 is 0 Å². The van der Waals surface area contributed by atoms with Crippen LogP contribution in [0.25, 0.3) is 6.08 Å². The third-order valence-electron chi connectivity index (χ3n) is 3.54. The SMILES string of the molecule is O=C1OC[C@H]2CCc3ccccc3C=C[C@@H]12. The van der Waals surface area contributed by atoms with Gasteiger partial charge in [0.1, 0.15) is 0 Å². The molecule has 2 atom stereocenters. The summed E-state index contributed by atoms with van der Waals surface area (Å²) in [5.41, 5.74) is 2.61. The average Bonchev–Trinajstić information content (AvgIpc) is 2.62. The summed E-state index contributed by atoms with van der Waals surface area (Å²) in [6.45, 7) is 0.593. The van der Waals surface area contributed by atoms with Gasteiger partial charge >= 0.3 is 5.97 Å². The molecule has 1 aromatic rings. The number of hydrogen-bond donors (Lipinski definition) is 0. The predicted octanol–water partition coefficient (Wildman–Crippen LogP) is 2.44. The van der Waals surface area contributed by atoms with Crippen LogP contribution in [0.3, 0.4) is 0 Å². The molecule has 82 valence electrons. The molecule has 2 aliphatic rings. The lowest BCUT2D eigenvalue weighted by molar-refractivity contribution is -0.140. The van der Waals surface area contributed by atoms with E-state index < -0.39 is 0 Å². The van der Waals surface area contributed by atoms with E-state index in [0.29, 0.717) is 12.5 Å². The van der Waals surface area contributed by atoms with E-state index in [1.54, 1.807) is 0 Å². The first-order valence-corrected chi connectivity index (χ1v) is 5.77. The third-order valence-corrected chi connectivity index (χ3v) is 3.54. The molecular formula is C14H14O2. The molecule has 0 radical (unpaired) electrons. The molecule has 3 rings (SSSR count). The first-order valence-electron chi connectivity index (χ1n) is 5.77. The number of ether oxygens (including phenoxy) is 1. The molecule has 0 unspecified atom stereocenters. The molecule has 0 aromatic heterocycles. The molecule has 1 aromatic carbocycles. The van der Waals surface area contributed by atoms with Crippen molar-refractivity contribution in [2.24, 2.45) is 11.8 Å². The quantitative estimate of drug-likeness (QED) is 0.620. The van der Waals surface area contributed by atoms with Crippen LogP contribution in [0.5, 0.6) is 0 Å². The Morgan fingerprint density at radius 1 is 1.25 bits per heavy atom. The van der Waals surface area contributed by atoms with Gasteiger partial charge in [0.2, 0.25) is 0 Å². The summed E-state index contributed by atoms with van der Waals surface area (Å²) in [4.78, 5) is 11.5. The van der Waals surface area contributed by atoms with Crippen LogP contribution in [0.2, 0.25) is 0 Å². The minimum absolute atomic E-state index is 0.0200. The molecular weight excluding hydrogens is 200 g/mol. The van der Waals surface area contributed by atoms with E-state index in [-0.39, 0.29) is 11.9 Å². The van der Waals surface area contributed by atoms with Gasteiger partial charge in [0.05, 0.1) is 12.5 Å². The van der Waals surface area contributed by atoms with Gasteiger partial charge in [0, 0.05) is 5.92 Å². The van der Waals surface area contributed by atoms with E-state index in [0.717, 1.165) is 12.8 Å². The molecule has 1 aliphatic heterocycles. The van der Waals surface area contributed by atoms with Gasteiger partial charge in [0.25, 0.3) is 0 Å². The van der Waals surface area contributed by atoms with Crippen LogP contribution in [0.15, 0.2) is 30.3 Å². The normalized spacial score (nSPS) is 27.6. The molecule has 0 spiro atoms. The number of rotatable bonds is 0. The Morgan fingerprint density at radius 3 is 3.06 bits per heavy atom. The highest BCUT2D eigenvalue weighted by Crippen LogP contribution is 2.31. The van der Waals surface area contributed by atoms with E-state index in [1.807, 2.05) is 12.1 Å². The highest BCUT2D eigenvalue weighted by Gasteiger charge is 2.35. The molecule has 16 heavy (non-hydrogen) atoms. The average molecular weight is 214 g/mol. The zero-order valence-electron chi connectivity index (χ0n) is 9.06. The minimum Gasteiger partial charge on any atom is -0.465 e. The molecule has 1 saturated heterocycles. The molecule has 1 heterocycles. The number of benzene rings is 1. The maximum absolute atomic E-state index is 11.5. The standard InChI is InChI=1S/C14H14O2/c15-14-13-8-7-11-4-2-1-3-10(11)5-6-12(13)9-16-14/h1-4,7-8,12-13H,5-6,9H2/t12-,13-/m1/s1. The van der Waals surface area contributed by atoms with Crippen LogP contribution in [0.1, 0.15) is 17.5 Å². The van der Waals surface area contributed by atoms with Crippen molar-refractivity contribution in [2.75, 3.05) is 6.61 Å². The van der Waals surface area contributed by atoms with E-state index in [4.69, 9.17) is 4.74 Å². The molecule has 0 bridgehead atoms. The van der Waals surface area contributed by atoms with Crippen molar-refractivity contribution in [3.8, 4) is 0 Å². The van der Waals surface area contributed by atoms with Gasteiger partial charge < -0.3 is 4.74 Å². The predicted molar refractivity (Wildman–Crippen MR) is 61.7 cm³/mol. The number of hydrogen-bond acceptors (Lipinski definition) is 2. The summed E-state index contributed by atoms with van der Waals surface area (Å²) < 4.78 is 5.12. The monoisotopic (exact) mass is 214 g/mol. The molecule has 2 nitrogen and oxygen atoms in total. The number of esters is 1. The van der Waals surface area contributed by atoms with Gasteiger partial charge in [-0.15, -0.1) is 0 Å². The Balaban J connectivity index is 1.97. The number of carbonyl (C=O) groups is 1. The number of aryl methyl sites for hydroxylation is 1. The number of cyclic esters (lactones) is 1. The van der Waals surface area contributed by atoms with Crippen molar-refractivity contribution >= 4 is 12.0 Å². The lowest BCUT2D eigenvalue weighted by Gasteiger charge is -2.16. The number of fused-ring (bicyclic) bond motifs is 2. The Kier molecular flexibility index (Phi) is 2.28. The fraction of sp³-hybridized carbons (Fsp3) is 0.357. The van der Waals surface area contributed by atoms with Gasteiger partial charge in [-0.2, -0.15) is 0 Å². The Hall–Kier alpha value is -1.57.